The molecule has 0 spiro atoms. The molecule has 3 aromatic carbocycles. The van der Waals surface area contributed by atoms with E-state index >= 15 is 0 Å². The molecule has 6 heteroatoms. The van der Waals surface area contributed by atoms with E-state index in [-0.39, 0.29) is 11.9 Å². The number of amides is 1. The van der Waals surface area contributed by atoms with Gasteiger partial charge in [-0.1, -0.05) is 61.0 Å². The molecule has 166 valence electrons. The second kappa shape index (κ2) is 8.75. The molecule has 1 aliphatic heterocycles. The molecule has 0 radical (unpaired) electrons. The van der Waals surface area contributed by atoms with Gasteiger partial charge >= 0.3 is 0 Å². The number of aryl methyl sites for hydroxylation is 1. The smallest absolute Gasteiger partial charge is 0.273 e. The Morgan fingerprint density at radius 1 is 1.03 bits per heavy atom. The van der Waals surface area contributed by atoms with E-state index in [4.69, 9.17) is 16.3 Å². The van der Waals surface area contributed by atoms with Gasteiger partial charge in [-0.3, -0.25) is 9.89 Å². The number of aromatic nitrogens is 2. The van der Waals surface area contributed by atoms with Crippen LogP contribution in [0.4, 0.5) is 0 Å². The van der Waals surface area contributed by atoms with E-state index in [0.717, 1.165) is 40.1 Å². The lowest BCUT2D eigenvalue weighted by atomic mass is 9.95. The fourth-order valence-electron chi connectivity index (χ4n) is 4.42. The van der Waals surface area contributed by atoms with Gasteiger partial charge in [0, 0.05) is 22.7 Å². The topological polar surface area (TPSA) is 58.2 Å². The maximum atomic E-state index is 13.6. The summed E-state index contributed by atoms with van der Waals surface area (Å²) in [5, 5.41) is 8.20. The molecular weight excluding hydrogens is 434 g/mol. The Bertz CT molecular complexity index is 1300. The molecule has 0 fully saturated rings. The fraction of sp³-hybridized carbons (Fsp3) is 0.185. The van der Waals surface area contributed by atoms with Crippen LogP contribution >= 0.6 is 11.6 Å². The Balaban J connectivity index is 1.63. The number of fused-ring (bicyclic) bond motifs is 1. The number of rotatable bonds is 6. The van der Waals surface area contributed by atoms with Crippen LogP contribution in [-0.4, -0.2) is 28.1 Å². The molecule has 1 aliphatic rings. The van der Waals surface area contributed by atoms with Crippen LogP contribution in [0.25, 0.3) is 11.3 Å². The minimum absolute atomic E-state index is 0.0817. The number of carbonyl (C=O) groups is 1. The third kappa shape index (κ3) is 3.79. The minimum atomic E-state index is -0.273. The number of hydrogen-bond donors (Lipinski definition) is 1. The molecule has 0 saturated heterocycles. The predicted molar refractivity (Wildman–Crippen MR) is 130 cm³/mol. The van der Waals surface area contributed by atoms with Gasteiger partial charge in [0.1, 0.15) is 11.4 Å². The molecule has 4 aromatic rings. The van der Waals surface area contributed by atoms with Gasteiger partial charge in [0.15, 0.2) is 0 Å². The van der Waals surface area contributed by atoms with Crippen molar-refractivity contribution in [3.05, 3.63) is 106 Å². The van der Waals surface area contributed by atoms with Crippen molar-refractivity contribution in [2.75, 3.05) is 7.11 Å². The highest BCUT2D eigenvalue weighted by molar-refractivity contribution is 6.31. The van der Waals surface area contributed by atoms with E-state index in [1.807, 2.05) is 53.4 Å². The van der Waals surface area contributed by atoms with E-state index in [9.17, 15) is 4.79 Å². The number of H-pyrrole nitrogens is 1. The molecule has 0 saturated carbocycles. The van der Waals surface area contributed by atoms with Crippen molar-refractivity contribution in [3.8, 4) is 17.0 Å². The first-order valence-electron chi connectivity index (χ1n) is 11.0. The number of halogens is 1. The van der Waals surface area contributed by atoms with Crippen LogP contribution in [0, 0.1) is 0 Å². The second-order valence-electron chi connectivity index (χ2n) is 8.11. The first-order valence-corrected chi connectivity index (χ1v) is 11.3. The summed E-state index contributed by atoms with van der Waals surface area (Å²) in [4.78, 5) is 15.4. The van der Waals surface area contributed by atoms with Gasteiger partial charge in [-0.05, 0) is 53.4 Å². The van der Waals surface area contributed by atoms with Gasteiger partial charge in [0.25, 0.3) is 5.91 Å². The number of methoxy groups -OCH3 is 1. The largest absolute Gasteiger partial charge is 0.497 e. The summed E-state index contributed by atoms with van der Waals surface area (Å²) in [7, 11) is 1.64. The van der Waals surface area contributed by atoms with Gasteiger partial charge < -0.3 is 9.64 Å². The van der Waals surface area contributed by atoms with Crippen molar-refractivity contribution in [2.45, 2.75) is 25.9 Å². The van der Waals surface area contributed by atoms with Crippen LogP contribution < -0.4 is 4.74 Å². The maximum Gasteiger partial charge on any atom is 0.273 e. The molecule has 1 unspecified atom stereocenters. The zero-order valence-corrected chi connectivity index (χ0v) is 19.3. The van der Waals surface area contributed by atoms with Crippen molar-refractivity contribution in [1.29, 1.82) is 0 Å². The summed E-state index contributed by atoms with van der Waals surface area (Å²) in [6.45, 7) is 2.54. The van der Waals surface area contributed by atoms with Gasteiger partial charge in [0.2, 0.25) is 0 Å². The van der Waals surface area contributed by atoms with E-state index in [1.165, 1.54) is 5.56 Å². The lowest BCUT2D eigenvalue weighted by molar-refractivity contribution is 0.0730. The third-order valence-electron chi connectivity index (χ3n) is 6.23. The van der Waals surface area contributed by atoms with Crippen LogP contribution in [0.15, 0.2) is 72.8 Å². The van der Waals surface area contributed by atoms with Crippen LogP contribution in [0.3, 0.4) is 0 Å². The average Bonchev–Trinajstić information content (AvgIpc) is 3.40. The van der Waals surface area contributed by atoms with E-state index in [1.54, 1.807) is 7.11 Å². The normalized spacial score (nSPS) is 15.1. The molecule has 5 rings (SSSR count). The molecule has 1 atom stereocenters. The highest BCUT2D eigenvalue weighted by atomic mass is 35.5. The first-order chi connectivity index (χ1) is 16.1. The van der Waals surface area contributed by atoms with Gasteiger partial charge in [-0.2, -0.15) is 5.10 Å². The Hall–Kier alpha value is -3.57. The average molecular weight is 458 g/mol. The van der Waals surface area contributed by atoms with Gasteiger partial charge in [-0.25, -0.2) is 0 Å². The Morgan fingerprint density at radius 3 is 2.42 bits per heavy atom. The van der Waals surface area contributed by atoms with Crippen molar-refractivity contribution < 1.29 is 9.53 Å². The summed E-state index contributed by atoms with van der Waals surface area (Å²) in [6, 6.07) is 23.6. The van der Waals surface area contributed by atoms with E-state index < -0.39 is 0 Å². The maximum absolute atomic E-state index is 13.6. The third-order valence-corrected chi connectivity index (χ3v) is 6.60. The van der Waals surface area contributed by atoms with E-state index in [0.29, 0.717) is 17.3 Å². The monoisotopic (exact) mass is 457 g/mol. The standard InChI is InChI=1S/C27H24ClN3O2/c1-3-17-8-10-19(11-9-17)26-23-24(18-12-14-21(33-2)15-13-18)29-30-25(23)27(32)31(26)16-20-6-4-5-7-22(20)28/h4-15,26H,3,16H2,1-2H3,(H,29,30). The second-order valence-corrected chi connectivity index (χ2v) is 8.52. The molecule has 1 N–H and O–H groups in total. The minimum Gasteiger partial charge on any atom is -0.497 e. The molecule has 33 heavy (non-hydrogen) atoms. The number of ether oxygens (including phenoxy) is 1. The molecule has 1 amide bonds. The van der Waals surface area contributed by atoms with Gasteiger partial charge in [0.05, 0.1) is 18.8 Å². The summed E-state index contributed by atoms with van der Waals surface area (Å²) in [5.41, 5.74) is 6.32. The van der Waals surface area contributed by atoms with E-state index in [2.05, 4.69) is 41.4 Å². The predicted octanol–water partition coefficient (Wildman–Crippen LogP) is 6.05. The first kappa shape index (κ1) is 21.3. The van der Waals surface area contributed by atoms with Crippen molar-refractivity contribution >= 4 is 17.5 Å². The van der Waals surface area contributed by atoms with Crippen LogP contribution in [0.5, 0.6) is 5.75 Å². The van der Waals surface area contributed by atoms with Crippen LogP contribution in [0.1, 0.15) is 45.7 Å². The number of nitrogens with zero attached hydrogens (tertiary/aromatic N) is 2. The SMILES string of the molecule is CCc1ccc(C2c3c(-c4ccc(OC)cc4)n[nH]c3C(=O)N2Cc2ccccc2Cl)cc1. The van der Waals surface area contributed by atoms with Gasteiger partial charge in [-0.15, -0.1) is 0 Å². The zero-order chi connectivity index (χ0) is 22.9. The van der Waals surface area contributed by atoms with Crippen LogP contribution in [-0.2, 0) is 13.0 Å². The number of aromatic amines is 1. The number of hydrogen-bond acceptors (Lipinski definition) is 3. The summed E-state index contributed by atoms with van der Waals surface area (Å²) >= 11 is 6.45. The number of nitrogens with one attached hydrogen (secondary N) is 1. The summed E-state index contributed by atoms with van der Waals surface area (Å²) < 4.78 is 5.30. The fourth-order valence-corrected chi connectivity index (χ4v) is 4.62. The summed E-state index contributed by atoms with van der Waals surface area (Å²) in [6.07, 6.45) is 0.960. The van der Waals surface area contributed by atoms with Crippen molar-refractivity contribution in [3.63, 3.8) is 0 Å². The lowest BCUT2D eigenvalue weighted by Crippen LogP contribution is -2.29. The molecule has 5 nitrogen and oxygen atoms in total. The van der Waals surface area contributed by atoms with Crippen molar-refractivity contribution in [1.82, 2.24) is 15.1 Å². The van der Waals surface area contributed by atoms with Crippen molar-refractivity contribution in [2.24, 2.45) is 0 Å². The molecular formula is C27H24ClN3O2. The van der Waals surface area contributed by atoms with Crippen LogP contribution in [0.2, 0.25) is 5.02 Å². The zero-order valence-electron chi connectivity index (χ0n) is 18.5. The summed E-state index contributed by atoms with van der Waals surface area (Å²) in [5.74, 6) is 0.691. The Morgan fingerprint density at radius 2 is 1.76 bits per heavy atom. The molecule has 0 bridgehead atoms. The molecule has 2 heterocycles. The Labute approximate surface area is 198 Å². The lowest BCUT2D eigenvalue weighted by Gasteiger charge is -2.27. The highest BCUT2D eigenvalue weighted by Gasteiger charge is 2.42. The quantitative estimate of drug-likeness (QED) is 0.383. The molecule has 0 aliphatic carbocycles. The Kier molecular flexibility index (Phi) is 5.65. The molecule has 1 aromatic heterocycles. The number of benzene rings is 3. The number of carbonyl (C=O) groups excluding carboxylic acids is 1. The highest BCUT2D eigenvalue weighted by Crippen LogP contribution is 2.44.